The van der Waals surface area contributed by atoms with Gasteiger partial charge in [0, 0.05) is 17.1 Å². The van der Waals surface area contributed by atoms with Crippen molar-refractivity contribution < 1.29 is 9.31 Å². The standard InChI is InChI=1S/C46H40BNO2/c1-45(2)46(3,4)50-47(49-45)39-23-27-41(28-24-39)48(40-25-21-34(22-26-40)38-20-19-33-13-11-12-18-37(33)31-38)42-29-30-43(35-14-7-5-8-15-35)44(32-42)36-16-9-6-10-17-36/h5-32H,1-4H3. The first kappa shape index (κ1) is 31.8. The summed E-state index contributed by atoms with van der Waals surface area (Å²) in [6, 6.07) is 60.8. The Bertz CT molecular complexity index is 2250. The van der Waals surface area contributed by atoms with Crippen LogP contribution in [0.15, 0.2) is 170 Å². The molecule has 0 atom stereocenters. The molecular formula is C46H40BNO2. The third-order valence-corrected chi connectivity index (χ3v) is 10.3. The summed E-state index contributed by atoms with van der Waals surface area (Å²) in [6.45, 7) is 8.37. The molecular weight excluding hydrogens is 609 g/mol. The van der Waals surface area contributed by atoms with Crippen molar-refractivity contribution in [3.05, 3.63) is 170 Å². The van der Waals surface area contributed by atoms with Crippen molar-refractivity contribution in [2.45, 2.75) is 38.9 Å². The maximum atomic E-state index is 6.39. The third kappa shape index (κ3) is 6.02. The van der Waals surface area contributed by atoms with E-state index in [4.69, 9.17) is 9.31 Å². The first-order valence-electron chi connectivity index (χ1n) is 17.4. The van der Waals surface area contributed by atoms with Crippen LogP contribution in [0.4, 0.5) is 17.1 Å². The van der Waals surface area contributed by atoms with Gasteiger partial charge in [0.2, 0.25) is 0 Å². The van der Waals surface area contributed by atoms with E-state index in [1.165, 1.54) is 44.2 Å². The molecule has 7 aromatic carbocycles. The van der Waals surface area contributed by atoms with Crippen LogP contribution in [0.5, 0.6) is 0 Å². The van der Waals surface area contributed by atoms with Crippen LogP contribution in [0.1, 0.15) is 27.7 Å². The normalized spacial score (nSPS) is 14.9. The quantitative estimate of drug-likeness (QED) is 0.160. The number of rotatable bonds is 7. The fourth-order valence-corrected chi connectivity index (χ4v) is 6.78. The molecule has 50 heavy (non-hydrogen) atoms. The van der Waals surface area contributed by atoms with Crippen LogP contribution < -0.4 is 10.4 Å². The van der Waals surface area contributed by atoms with E-state index in [-0.39, 0.29) is 0 Å². The van der Waals surface area contributed by atoms with E-state index >= 15 is 0 Å². The van der Waals surface area contributed by atoms with Crippen molar-refractivity contribution in [3.63, 3.8) is 0 Å². The van der Waals surface area contributed by atoms with E-state index in [0.717, 1.165) is 22.5 Å². The summed E-state index contributed by atoms with van der Waals surface area (Å²) in [5, 5.41) is 2.49. The summed E-state index contributed by atoms with van der Waals surface area (Å²) >= 11 is 0. The molecule has 1 fully saturated rings. The van der Waals surface area contributed by atoms with Gasteiger partial charge in [-0.25, -0.2) is 0 Å². The molecule has 0 aliphatic carbocycles. The maximum Gasteiger partial charge on any atom is 0.494 e. The number of fused-ring (bicyclic) bond motifs is 1. The Hall–Kier alpha value is -5.42. The second-order valence-electron chi connectivity index (χ2n) is 14.1. The lowest BCUT2D eigenvalue weighted by Gasteiger charge is -2.32. The average Bonchev–Trinajstić information content (AvgIpc) is 3.38. The molecule has 0 bridgehead atoms. The molecule has 0 N–H and O–H groups in total. The summed E-state index contributed by atoms with van der Waals surface area (Å²) in [7, 11) is -0.418. The highest BCUT2D eigenvalue weighted by Crippen LogP contribution is 2.42. The predicted molar refractivity (Wildman–Crippen MR) is 211 cm³/mol. The Morgan fingerprint density at radius 3 is 1.52 bits per heavy atom. The van der Waals surface area contributed by atoms with Crippen molar-refractivity contribution >= 4 is 40.4 Å². The third-order valence-electron chi connectivity index (χ3n) is 10.3. The number of hydrogen-bond donors (Lipinski definition) is 0. The Labute approximate surface area is 295 Å². The summed E-state index contributed by atoms with van der Waals surface area (Å²) in [5.41, 5.74) is 10.5. The van der Waals surface area contributed by atoms with Crippen LogP contribution in [0, 0.1) is 0 Å². The van der Waals surface area contributed by atoms with Gasteiger partial charge in [0.05, 0.1) is 11.2 Å². The van der Waals surface area contributed by atoms with E-state index in [1.54, 1.807) is 0 Å². The Balaban J connectivity index is 1.22. The van der Waals surface area contributed by atoms with Gasteiger partial charge in [-0.3, -0.25) is 0 Å². The van der Waals surface area contributed by atoms with Gasteiger partial charge in [-0.1, -0.05) is 127 Å². The zero-order valence-electron chi connectivity index (χ0n) is 29.0. The maximum absolute atomic E-state index is 6.39. The van der Waals surface area contributed by atoms with Crippen LogP contribution in [0.25, 0.3) is 44.2 Å². The van der Waals surface area contributed by atoms with Crippen molar-refractivity contribution in [3.8, 4) is 33.4 Å². The number of benzene rings is 7. The first-order valence-corrected chi connectivity index (χ1v) is 17.4. The molecule has 0 aromatic heterocycles. The fraction of sp³-hybridized carbons (Fsp3) is 0.130. The minimum atomic E-state index is -0.418. The highest BCUT2D eigenvalue weighted by Gasteiger charge is 2.51. The lowest BCUT2D eigenvalue weighted by Crippen LogP contribution is -2.41. The van der Waals surface area contributed by atoms with E-state index in [2.05, 4.69) is 202 Å². The molecule has 244 valence electrons. The monoisotopic (exact) mass is 649 g/mol. The molecule has 0 amide bonds. The molecule has 1 aliphatic rings. The van der Waals surface area contributed by atoms with Crippen LogP contribution in [0.3, 0.4) is 0 Å². The molecule has 0 unspecified atom stereocenters. The molecule has 0 saturated carbocycles. The zero-order chi connectivity index (χ0) is 34.3. The number of nitrogens with zero attached hydrogens (tertiary/aromatic N) is 1. The lowest BCUT2D eigenvalue weighted by atomic mass is 9.79. The Morgan fingerprint density at radius 2 is 0.900 bits per heavy atom. The first-order chi connectivity index (χ1) is 24.3. The summed E-state index contributed by atoms with van der Waals surface area (Å²) < 4.78 is 12.8. The molecule has 1 heterocycles. The Morgan fingerprint density at radius 1 is 0.400 bits per heavy atom. The van der Waals surface area contributed by atoms with Crippen LogP contribution in [0.2, 0.25) is 0 Å². The van der Waals surface area contributed by atoms with Crippen LogP contribution >= 0.6 is 0 Å². The molecule has 3 nitrogen and oxygen atoms in total. The van der Waals surface area contributed by atoms with Gasteiger partial charge in [-0.2, -0.15) is 0 Å². The van der Waals surface area contributed by atoms with Gasteiger partial charge < -0.3 is 14.2 Å². The van der Waals surface area contributed by atoms with Gasteiger partial charge in [0.25, 0.3) is 0 Å². The van der Waals surface area contributed by atoms with Crippen molar-refractivity contribution in [1.82, 2.24) is 0 Å². The largest absolute Gasteiger partial charge is 0.494 e. The van der Waals surface area contributed by atoms with Crippen LogP contribution in [-0.2, 0) is 9.31 Å². The molecule has 4 heteroatoms. The number of anilines is 3. The molecule has 8 rings (SSSR count). The smallest absolute Gasteiger partial charge is 0.399 e. The van der Waals surface area contributed by atoms with E-state index in [0.29, 0.717) is 0 Å². The van der Waals surface area contributed by atoms with Gasteiger partial charge in [0.1, 0.15) is 0 Å². The summed E-state index contributed by atoms with van der Waals surface area (Å²) in [5.74, 6) is 0. The van der Waals surface area contributed by atoms with Gasteiger partial charge >= 0.3 is 7.12 Å². The minimum absolute atomic E-state index is 0.399. The highest BCUT2D eigenvalue weighted by atomic mass is 16.7. The highest BCUT2D eigenvalue weighted by molar-refractivity contribution is 6.62. The SMILES string of the molecule is CC1(C)OB(c2ccc(N(c3ccc(-c4ccc5ccccc5c4)cc3)c3ccc(-c4ccccc4)c(-c4ccccc4)c3)cc2)OC1(C)C. The van der Waals surface area contributed by atoms with E-state index in [1.807, 2.05) is 0 Å². The van der Waals surface area contributed by atoms with E-state index in [9.17, 15) is 0 Å². The van der Waals surface area contributed by atoms with Crippen molar-refractivity contribution in [2.24, 2.45) is 0 Å². The molecule has 1 saturated heterocycles. The van der Waals surface area contributed by atoms with Crippen LogP contribution in [-0.4, -0.2) is 18.3 Å². The second-order valence-corrected chi connectivity index (χ2v) is 14.1. The molecule has 1 aliphatic heterocycles. The zero-order valence-corrected chi connectivity index (χ0v) is 29.0. The molecule has 7 aromatic rings. The molecule has 0 spiro atoms. The fourth-order valence-electron chi connectivity index (χ4n) is 6.78. The molecule has 0 radical (unpaired) electrons. The topological polar surface area (TPSA) is 21.7 Å². The lowest BCUT2D eigenvalue weighted by molar-refractivity contribution is 0.00578. The summed E-state index contributed by atoms with van der Waals surface area (Å²) in [4.78, 5) is 2.33. The number of hydrogen-bond acceptors (Lipinski definition) is 3. The second kappa shape index (κ2) is 12.8. The van der Waals surface area contributed by atoms with Gasteiger partial charge in [0.15, 0.2) is 0 Å². The van der Waals surface area contributed by atoms with Gasteiger partial charge in [-0.05, 0) is 120 Å². The van der Waals surface area contributed by atoms with Crippen molar-refractivity contribution in [2.75, 3.05) is 4.90 Å². The van der Waals surface area contributed by atoms with Crippen molar-refractivity contribution in [1.29, 1.82) is 0 Å². The summed E-state index contributed by atoms with van der Waals surface area (Å²) in [6.07, 6.45) is 0. The van der Waals surface area contributed by atoms with E-state index < -0.39 is 18.3 Å². The Kier molecular flexibility index (Phi) is 8.15. The minimum Gasteiger partial charge on any atom is -0.399 e. The predicted octanol–water partition coefficient (Wildman–Crippen LogP) is 11.6. The average molecular weight is 650 g/mol. The van der Waals surface area contributed by atoms with Gasteiger partial charge in [-0.15, -0.1) is 0 Å².